The third-order valence-electron chi connectivity index (χ3n) is 9.15. The van der Waals surface area contributed by atoms with E-state index in [1.54, 1.807) is 9.80 Å². The maximum atomic E-state index is 13.3. The van der Waals surface area contributed by atoms with Crippen LogP contribution in [-0.2, 0) is 35.5 Å². The van der Waals surface area contributed by atoms with E-state index in [9.17, 15) is 9.59 Å². The first-order chi connectivity index (χ1) is 23.4. The summed E-state index contributed by atoms with van der Waals surface area (Å²) in [5, 5.41) is 8.92. The van der Waals surface area contributed by atoms with Gasteiger partial charge in [-0.05, 0) is 113 Å². The van der Waals surface area contributed by atoms with Gasteiger partial charge in [0.15, 0.2) is 0 Å². The molecule has 49 heavy (non-hydrogen) atoms. The topological polar surface area (TPSA) is 89.8 Å². The number of aromatic nitrogens is 3. The van der Waals surface area contributed by atoms with Gasteiger partial charge in [0.1, 0.15) is 18.0 Å². The number of nitrogens with zero attached hydrogens (tertiary/aromatic N) is 5. The minimum absolute atomic E-state index is 0.0852. The van der Waals surface area contributed by atoms with E-state index in [0.29, 0.717) is 45.0 Å². The van der Waals surface area contributed by atoms with Gasteiger partial charge in [0.05, 0.1) is 17.6 Å². The number of rotatable bonds is 11. The lowest BCUT2D eigenvalue weighted by Gasteiger charge is -2.33. The number of benzene rings is 3. The van der Waals surface area contributed by atoms with Crippen LogP contribution in [0.25, 0.3) is 5.69 Å². The highest BCUT2D eigenvalue weighted by Crippen LogP contribution is 2.28. The largest absolute Gasteiger partial charge is 0.488 e. The monoisotopic (exact) mass is 665 g/mol. The number of hydrogen-bond donors (Lipinski definition) is 0. The molecule has 0 aliphatic carbocycles. The van der Waals surface area contributed by atoms with Crippen LogP contribution in [0.3, 0.4) is 0 Å². The lowest BCUT2D eigenvalue weighted by atomic mass is 9.92. The molecule has 1 fully saturated rings. The van der Waals surface area contributed by atoms with Crippen molar-refractivity contribution in [2.75, 3.05) is 20.1 Å². The van der Waals surface area contributed by atoms with E-state index in [0.717, 1.165) is 58.6 Å². The maximum Gasteiger partial charge on any atom is 0.410 e. The average Bonchev–Trinajstić information content (AvgIpc) is 3.52. The molecule has 2 amide bonds. The summed E-state index contributed by atoms with van der Waals surface area (Å²) < 4.78 is 13.6. The summed E-state index contributed by atoms with van der Waals surface area (Å²) in [5.41, 5.74) is 8.03. The van der Waals surface area contributed by atoms with Crippen molar-refractivity contribution in [1.29, 1.82) is 0 Å². The zero-order chi connectivity index (χ0) is 35.1. The molecular weight excluding hydrogens is 614 g/mol. The van der Waals surface area contributed by atoms with Crippen LogP contribution in [0.5, 0.6) is 5.75 Å². The highest BCUT2D eigenvalue weighted by atomic mass is 16.6. The summed E-state index contributed by atoms with van der Waals surface area (Å²) in [6, 6.07) is 20.6. The van der Waals surface area contributed by atoms with E-state index in [1.165, 1.54) is 11.1 Å². The Morgan fingerprint density at radius 3 is 2.24 bits per heavy atom. The number of piperidine rings is 1. The normalized spacial score (nSPS) is 13.7. The van der Waals surface area contributed by atoms with Crippen molar-refractivity contribution in [2.24, 2.45) is 5.92 Å². The number of likely N-dealkylation sites (tertiary alicyclic amines) is 1. The molecule has 2 heterocycles. The zero-order valence-electron chi connectivity index (χ0n) is 30.2. The highest BCUT2D eigenvalue weighted by molar-refractivity contribution is 5.76. The van der Waals surface area contributed by atoms with Crippen molar-refractivity contribution < 1.29 is 19.1 Å². The molecule has 0 unspecified atom stereocenters. The Balaban J connectivity index is 1.13. The quantitative estimate of drug-likeness (QED) is 0.164. The Kier molecular flexibility index (Phi) is 11.4. The predicted octanol–water partition coefficient (Wildman–Crippen LogP) is 7.55. The Morgan fingerprint density at radius 2 is 1.57 bits per heavy atom. The fourth-order valence-electron chi connectivity index (χ4n) is 6.47. The van der Waals surface area contributed by atoms with Crippen LogP contribution in [0, 0.1) is 26.7 Å². The fraction of sp³-hybridized carbons (Fsp3) is 0.450. The second-order valence-electron chi connectivity index (χ2n) is 14.4. The summed E-state index contributed by atoms with van der Waals surface area (Å²) >= 11 is 0. The molecule has 0 spiro atoms. The van der Waals surface area contributed by atoms with Gasteiger partial charge in [0.2, 0.25) is 5.91 Å². The fourth-order valence-corrected chi connectivity index (χ4v) is 6.47. The van der Waals surface area contributed by atoms with Crippen LogP contribution in [0.1, 0.15) is 79.1 Å². The summed E-state index contributed by atoms with van der Waals surface area (Å²) in [6.07, 6.45) is 5.37. The summed E-state index contributed by atoms with van der Waals surface area (Å²) in [4.78, 5) is 29.3. The number of hydrogen-bond acceptors (Lipinski definition) is 6. The van der Waals surface area contributed by atoms with Gasteiger partial charge in [-0.15, -0.1) is 5.10 Å². The van der Waals surface area contributed by atoms with Gasteiger partial charge < -0.3 is 19.3 Å². The number of carbonyl (C=O) groups is 2. The first-order valence-corrected chi connectivity index (χ1v) is 17.3. The van der Waals surface area contributed by atoms with E-state index in [2.05, 4.69) is 61.4 Å². The predicted molar refractivity (Wildman–Crippen MR) is 192 cm³/mol. The molecule has 4 aromatic rings. The number of para-hydroxylation sites is 1. The minimum Gasteiger partial charge on any atom is -0.488 e. The number of amides is 2. The summed E-state index contributed by atoms with van der Waals surface area (Å²) in [6.45, 7) is 14.3. The first-order valence-electron chi connectivity index (χ1n) is 17.3. The second kappa shape index (κ2) is 15.7. The molecule has 1 aliphatic heterocycles. The number of aryl methyl sites for hydroxylation is 4. The van der Waals surface area contributed by atoms with Gasteiger partial charge in [-0.3, -0.25) is 4.79 Å². The molecular formula is C40H51N5O4. The standard InChI is InChI=1S/C40H51N5O4/c1-28-12-8-9-14-34(28)27-48-38-29(2)22-32(23-30(38)3)25-43(7)37(46)17-16-33-13-10-11-15-36(33)45-26-35(41-42-45)24-31-18-20-44(21-19-31)39(47)49-40(4,5)6/h8-15,22-23,26,31H,16-21,24-25,27H2,1-7H3. The second-order valence-corrected chi connectivity index (χ2v) is 14.4. The minimum atomic E-state index is -0.490. The van der Waals surface area contributed by atoms with Crippen molar-refractivity contribution in [3.05, 3.63) is 106 Å². The van der Waals surface area contributed by atoms with E-state index in [-0.39, 0.29) is 12.0 Å². The van der Waals surface area contributed by atoms with Gasteiger partial charge >= 0.3 is 6.09 Å². The lowest BCUT2D eigenvalue weighted by Crippen LogP contribution is -2.42. The Hall–Kier alpha value is -4.66. The van der Waals surface area contributed by atoms with E-state index >= 15 is 0 Å². The van der Waals surface area contributed by atoms with Crippen LogP contribution < -0.4 is 4.74 Å². The summed E-state index contributed by atoms with van der Waals surface area (Å²) in [5.74, 6) is 1.42. The SMILES string of the molecule is Cc1ccccc1COc1c(C)cc(CN(C)C(=O)CCc2ccccc2-n2cc(CC3CCN(C(=O)OC(C)(C)C)CC3)nn2)cc1C. The van der Waals surface area contributed by atoms with E-state index in [4.69, 9.17) is 9.47 Å². The number of ether oxygens (including phenoxy) is 2. The van der Waals surface area contributed by atoms with Crippen molar-refractivity contribution in [3.8, 4) is 11.4 Å². The summed E-state index contributed by atoms with van der Waals surface area (Å²) in [7, 11) is 1.86. The van der Waals surface area contributed by atoms with Gasteiger partial charge in [-0.2, -0.15) is 0 Å². The van der Waals surface area contributed by atoms with Gasteiger partial charge in [0.25, 0.3) is 0 Å². The van der Waals surface area contributed by atoms with Crippen molar-refractivity contribution in [1.82, 2.24) is 24.8 Å². The molecule has 9 nitrogen and oxygen atoms in total. The molecule has 0 N–H and O–H groups in total. The average molecular weight is 666 g/mol. The smallest absolute Gasteiger partial charge is 0.410 e. The lowest BCUT2D eigenvalue weighted by molar-refractivity contribution is -0.130. The molecule has 9 heteroatoms. The Labute approximate surface area is 291 Å². The molecule has 0 bridgehead atoms. The van der Waals surface area contributed by atoms with Crippen LogP contribution in [0.15, 0.2) is 66.9 Å². The van der Waals surface area contributed by atoms with Crippen molar-refractivity contribution in [2.45, 2.75) is 92.4 Å². The van der Waals surface area contributed by atoms with Crippen LogP contribution in [0.2, 0.25) is 0 Å². The maximum absolute atomic E-state index is 13.3. The van der Waals surface area contributed by atoms with Gasteiger partial charge in [-0.1, -0.05) is 59.8 Å². The molecule has 3 aromatic carbocycles. The van der Waals surface area contributed by atoms with E-state index in [1.807, 2.05) is 69.0 Å². The molecule has 1 saturated heterocycles. The highest BCUT2D eigenvalue weighted by Gasteiger charge is 2.27. The van der Waals surface area contributed by atoms with E-state index < -0.39 is 5.60 Å². The van der Waals surface area contributed by atoms with Crippen LogP contribution in [-0.4, -0.2) is 62.5 Å². The molecule has 0 atom stereocenters. The zero-order valence-corrected chi connectivity index (χ0v) is 30.2. The molecule has 1 aliphatic rings. The molecule has 0 saturated carbocycles. The number of carbonyl (C=O) groups excluding carboxylic acids is 2. The van der Waals surface area contributed by atoms with Gasteiger partial charge in [0, 0.05) is 33.1 Å². The van der Waals surface area contributed by atoms with Crippen LogP contribution >= 0.6 is 0 Å². The third kappa shape index (κ3) is 9.71. The van der Waals surface area contributed by atoms with Crippen molar-refractivity contribution >= 4 is 12.0 Å². The molecule has 0 radical (unpaired) electrons. The van der Waals surface area contributed by atoms with Crippen molar-refractivity contribution in [3.63, 3.8) is 0 Å². The molecule has 1 aromatic heterocycles. The Morgan fingerprint density at radius 1 is 0.918 bits per heavy atom. The molecule has 5 rings (SSSR count). The third-order valence-corrected chi connectivity index (χ3v) is 9.15. The first kappa shape index (κ1) is 35.6. The van der Waals surface area contributed by atoms with Crippen LogP contribution in [0.4, 0.5) is 4.79 Å². The van der Waals surface area contributed by atoms with Gasteiger partial charge in [-0.25, -0.2) is 9.48 Å². The molecule has 260 valence electrons. The Bertz CT molecular complexity index is 1730.